The van der Waals surface area contributed by atoms with Crippen molar-refractivity contribution in [3.63, 3.8) is 0 Å². The second kappa shape index (κ2) is 11.7. The van der Waals surface area contributed by atoms with E-state index in [1.807, 2.05) is 54.8 Å². The molecule has 0 saturated carbocycles. The molecule has 5 rings (SSSR count). The summed E-state index contributed by atoms with van der Waals surface area (Å²) in [6.07, 6.45) is 2.65. The summed E-state index contributed by atoms with van der Waals surface area (Å²) in [5.41, 5.74) is 5.30. The first-order chi connectivity index (χ1) is 19.4. The number of methoxy groups -OCH3 is 1. The number of nitro benzene ring substituents is 1. The minimum Gasteiger partial charge on any atom is -0.496 e. The Morgan fingerprint density at radius 1 is 1.10 bits per heavy atom. The summed E-state index contributed by atoms with van der Waals surface area (Å²) in [6, 6.07) is 22.7. The van der Waals surface area contributed by atoms with Gasteiger partial charge in [0, 0.05) is 36.4 Å². The summed E-state index contributed by atoms with van der Waals surface area (Å²) >= 11 is 5.85. The fraction of sp³-hybridized carbons (Fsp3) is 0.267. The Hall–Kier alpha value is -4.44. The van der Waals surface area contributed by atoms with Crippen LogP contribution in [0, 0.1) is 24.0 Å². The van der Waals surface area contributed by atoms with Gasteiger partial charge in [-0.1, -0.05) is 24.3 Å². The normalized spacial score (nSPS) is 16.6. The average molecular weight is 557 g/mol. The minimum absolute atomic E-state index is 0.0158. The van der Waals surface area contributed by atoms with Crippen molar-refractivity contribution in [1.29, 1.82) is 0 Å². The van der Waals surface area contributed by atoms with Crippen LogP contribution in [0.4, 0.5) is 11.4 Å². The minimum atomic E-state index is -0.370. The number of hydrogen-bond acceptors (Lipinski definition) is 6. The number of nitro groups is 1. The first-order valence-corrected chi connectivity index (χ1v) is 13.6. The van der Waals surface area contributed by atoms with Crippen LogP contribution in [-0.2, 0) is 0 Å². The average Bonchev–Trinajstić information content (AvgIpc) is 3.45. The number of ether oxygens (including phenoxy) is 1. The van der Waals surface area contributed by atoms with E-state index in [-0.39, 0.29) is 22.7 Å². The molecule has 2 aromatic carbocycles. The van der Waals surface area contributed by atoms with Gasteiger partial charge in [-0.15, -0.1) is 0 Å². The third-order valence-corrected chi connectivity index (χ3v) is 7.64. The molecule has 0 amide bonds. The predicted octanol–water partition coefficient (Wildman–Crippen LogP) is 5.88. The summed E-state index contributed by atoms with van der Waals surface area (Å²) in [5.74, 6) is 0.439. The molecule has 0 spiro atoms. The maximum absolute atomic E-state index is 12.0. The van der Waals surface area contributed by atoms with Crippen molar-refractivity contribution in [3.05, 3.63) is 112 Å². The van der Waals surface area contributed by atoms with Crippen molar-refractivity contribution in [1.82, 2.24) is 19.8 Å². The number of pyridine rings is 1. The molecular formula is C30H32N6O3S. The van der Waals surface area contributed by atoms with Gasteiger partial charge in [0.05, 0.1) is 35.9 Å². The highest BCUT2D eigenvalue weighted by Gasteiger charge is 2.41. The molecule has 4 aromatic rings. The summed E-state index contributed by atoms with van der Waals surface area (Å²) in [4.78, 5) is 18.5. The smallest absolute Gasteiger partial charge is 0.296 e. The summed E-state index contributed by atoms with van der Waals surface area (Å²) in [5, 5.41) is 19.7. The summed E-state index contributed by atoms with van der Waals surface area (Å²) in [7, 11) is 1.50. The number of aromatic nitrogens is 2. The van der Waals surface area contributed by atoms with E-state index in [1.165, 1.54) is 13.2 Å². The van der Waals surface area contributed by atoms with Crippen LogP contribution in [0.5, 0.6) is 5.75 Å². The van der Waals surface area contributed by atoms with Crippen LogP contribution in [0.2, 0.25) is 0 Å². The van der Waals surface area contributed by atoms with Crippen LogP contribution < -0.4 is 15.4 Å². The molecule has 9 nitrogen and oxygen atoms in total. The predicted molar refractivity (Wildman–Crippen MR) is 160 cm³/mol. The standard InChI is InChI=1S/C30H32N6O3S/c1-20-18-24(21(2)35(20)26-14-13-23(39-3)19-27(26)36(37)38)29-28(25-12-7-8-15-32-25)33-30(40)34(29)17-9-16-31-22-10-5-4-6-11-22/h4-8,10-15,18-19,28-29,31H,9,16-17H2,1-3H3,(H,33,40)/t28-,29-/m0/s1. The lowest BCUT2D eigenvalue weighted by Crippen LogP contribution is -2.31. The van der Waals surface area contributed by atoms with Gasteiger partial charge in [-0.2, -0.15) is 0 Å². The van der Waals surface area contributed by atoms with Crippen molar-refractivity contribution in [3.8, 4) is 11.4 Å². The van der Waals surface area contributed by atoms with Gasteiger partial charge in [0.15, 0.2) is 5.11 Å². The molecule has 2 N–H and O–H groups in total. The Labute approximate surface area is 239 Å². The molecule has 1 aliphatic heterocycles. The molecule has 0 aliphatic carbocycles. The number of aryl methyl sites for hydroxylation is 1. The van der Waals surface area contributed by atoms with Crippen LogP contribution in [0.1, 0.15) is 41.1 Å². The number of para-hydroxylation sites is 1. The Balaban J connectivity index is 1.50. The van der Waals surface area contributed by atoms with Crippen molar-refractivity contribution in [2.45, 2.75) is 32.4 Å². The molecule has 1 fully saturated rings. The van der Waals surface area contributed by atoms with Crippen molar-refractivity contribution in [2.24, 2.45) is 0 Å². The molecule has 1 saturated heterocycles. The molecule has 40 heavy (non-hydrogen) atoms. The Morgan fingerprint density at radius 3 is 2.58 bits per heavy atom. The molecule has 0 bridgehead atoms. The number of hydrogen-bond donors (Lipinski definition) is 2. The van der Waals surface area contributed by atoms with Gasteiger partial charge in [-0.3, -0.25) is 15.1 Å². The van der Waals surface area contributed by atoms with Crippen LogP contribution in [-0.4, -0.2) is 44.7 Å². The van der Waals surface area contributed by atoms with E-state index in [0.717, 1.165) is 47.8 Å². The molecule has 0 radical (unpaired) electrons. The highest BCUT2D eigenvalue weighted by molar-refractivity contribution is 7.80. The van der Waals surface area contributed by atoms with E-state index in [4.69, 9.17) is 17.0 Å². The number of anilines is 1. The maximum Gasteiger partial charge on any atom is 0.296 e. The van der Waals surface area contributed by atoms with Gasteiger partial charge in [0.25, 0.3) is 5.69 Å². The summed E-state index contributed by atoms with van der Waals surface area (Å²) in [6.45, 7) is 5.49. The van der Waals surface area contributed by atoms with E-state index in [2.05, 4.69) is 38.7 Å². The van der Waals surface area contributed by atoms with Crippen molar-refractivity contribution >= 4 is 28.7 Å². The summed E-state index contributed by atoms with van der Waals surface area (Å²) < 4.78 is 7.20. The van der Waals surface area contributed by atoms with Crippen LogP contribution in [0.15, 0.2) is 79.0 Å². The number of rotatable bonds is 10. The zero-order valence-corrected chi connectivity index (χ0v) is 23.5. The number of thiocarbonyl (C=S) groups is 1. The van der Waals surface area contributed by atoms with Gasteiger partial charge < -0.3 is 24.8 Å². The second-order valence-electron chi connectivity index (χ2n) is 9.74. The van der Waals surface area contributed by atoms with Gasteiger partial charge >= 0.3 is 0 Å². The number of nitrogens with zero attached hydrogens (tertiary/aromatic N) is 4. The highest BCUT2D eigenvalue weighted by Crippen LogP contribution is 2.42. The van der Waals surface area contributed by atoms with Crippen LogP contribution >= 0.6 is 12.2 Å². The third kappa shape index (κ3) is 5.35. The molecule has 2 aromatic heterocycles. The van der Waals surface area contributed by atoms with E-state index >= 15 is 0 Å². The van der Waals surface area contributed by atoms with E-state index in [9.17, 15) is 10.1 Å². The molecule has 3 heterocycles. The zero-order valence-electron chi connectivity index (χ0n) is 22.7. The maximum atomic E-state index is 12.0. The quantitative estimate of drug-likeness (QED) is 0.108. The van der Waals surface area contributed by atoms with E-state index < -0.39 is 0 Å². The molecule has 10 heteroatoms. The molecular weight excluding hydrogens is 524 g/mol. The topological polar surface area (TPSA) is 97.5 Å². The van der Waals surface area contributed by atoms with Gasteiger partial charge in [-0.25, -0.2) is 0 Å². The van der Waals surface area contributed by atoms with Gasteiger partial charge in [-0.05, 0) is 80.5 Å². The highest BCUT2D eigenvalue weighted by atomic mass is 32.1. The van der Waals surface area contributed by atoms with E-state index in [1.54, 1.807) is 18.3 Å². The Morgan fingerprint density at radius 2 is 1.88 bits per heavy atom. The molecule has 1 aliphatic rings. The monoisotopic (exact) mass is 556 g/mol. The zero-order chi connectivity index (χ0) is 28.2. The SMILES string of the molecule is COc1ccc(-n2c(C)cc([C@H]3[C@H](c4ccccn4)NC(=S)N3CCCNc3ccccc3)c2C)c([N+](=O)[O-])c1. The third-order valence-electron chi connectivity index (χ3n) is 7.29. The lowest BCUT2D eigenvalue weighted by molar-refractivity contribution is -0.384. The molecule has 0 unspecified atom stereocenters. The van der Waals surface area contributed by atoms with Crippen molar-refractivity contribution in [2.75, 3.05) is 25.5 Å². The van der Waals surface area contributed by atoms with E-state index in [0.29, 0.717) is 16.5 Å². The number of nitrogens with one attached hydrogen (secondary N) is 2. The largest absolute Gasteiger partial charge is 0.496 e. The van der Waals surface area contributed by atoms with Crippen LogP contribution in [0.3, 0.4) is 0 Å². The van der Waals surface area contributed by atoms with Crippen molar-refractivity contribution < 1.29 is 9.66 Å². The molecule has 206 valence electrons. The lowest BCUT2D eigenvalue weighted by Gasteiger charge is -2.28. The van der Waals surface area contributed by atoms with Gasteiger partial charge in [0.1, 0.15) is 11.4 Å². The fourth-order valence-electron chi connectivity index (χ4n) is 5.45. The Bertz CT molecular complexity index is 1510. The lowest BCUT2D eigenvalue weighted by atomic mass is 9.96. The number of benzene rings is 2. The first kappa shape index (κ1) is 27.1. The van der Waals surface area contributed by atoms with Crippen LogP contribution in [0.25, 0.3) is 5.69 Å². The van der Waals surface area contributed by atoms with Gasteiger partial charge in [0.2, 0.25) is 0 Å². The second-order valence-corrected chi connectivity index (χ2v) is 10.1. The molecule has 2 atom stereocenters. The Kier molecular flexibility index (Phi) is 7.97. The first-order valence-electron chi connectivity index (χ1n) is 13.2. The fourth-order valence-corrected chi connectivity index (χ4v) is 5.78.